The van der Waals surface area contributed by atoms with Crippen LogP contribution in [0.4, 0.5) is 23.1 Å². The molecule has 6 heteroatoms. The first-order valence-corrected chi connectivity index (χ1v) is 8.10. The number of halogens is 1. The summed E-state index contributed by atoms with van der Waals surface area (Å²) in [6, 6.07) is 16.0. The molecule has 0 atom stereocenters. The lowest BCUT2D eigenvalue weighted by Crippen LogP contribution is -2.02. The van der Waals surface area contributed by atoms with Crippen LogP contribution >= 0.6 is 15.9 Å². The Bertz CT molecular complexity index is 772. The summed E-state index contributed by atoms with van der Waals surface area (Å²) in [5, 5.41) is 14.3. The number of aromatic nitrogens is 3. The van der Waals surface area contributed by atoms with Gasteiger partial charge in [0.25, 0.3) is 0 Å². The first kappa shape index (κ1) is 15.4. The van der Waals surface area contributed by atoms with Crippen molar-refractivity contribution in [2.45, 2.75) is 13.3 Å². The molecule has 1 aromatic heterocycles. The number of anilines is 4. The highest BCUT2D eigenvalue weighted by Gasteiger charge is 2.02. The molecule has 0 aliphatic carbocycles. The predicted octanol–water partition coefficient (Wildman–Crippen LogP) is 4.68. The van der Waals surface area contributed by atoms with Crippen LogP contribution in [-0.2, 0) is 6.42 Å². The molecule has 0 bridgehead atoms. The van der Waals surface area contributed by atoms with Crippen LogP contribution in [0.5, 0.6) is 0 Å². The zero-order chi connectivity index (χ0) is 16.1. The minimum Gasteiger partial charge on any atom is -0.339 e. The summed E-state index contributed by atoms with van der Waals surface area (Å²) in [5.41, 5.74) is 3.17. The fourth-order valence-corrected chi connectivity index (χ4v) is 2.32. The van der Waals surface area contributed by atoms with Crippen LogP contribution in [-0.4, -0.2) is 15.2 Å². The monoisotopic (exact) mass is 369 g/mol. The van der Waals surface area contributed by atoms with E-state index in [9.17, 15) is 0 Å². The smallest absolute Gasteiger partial charge is 0.249 e. The highest BCUT2D eigenvalue weighted by atomic mass is 79.9. The van der Waals surface area contributed by atoms with Crippen molar-refractivity contribution in [2.75, 3.05) is 10.6 Å². The molecule has 3 aromatic rings. The summed E-state index contributed by atoms with van der Waals surface area (Å²) in [6.45, 7) is 2.14. The van der Waals surface area contributed by atoms with E-state index in [2.05, 4.69) is 60.8 Å². The number of hydrogen-bond donors (Lipinski definition) is 2. The lowest BCUT2D eigenvalue weighted by atomic mass is 10.1. The van der Waals surface area contributed by atoms with Crippen molar-refractivity contribution in [2.24, 2.45) is 0 Å². The number of hydrogen-bond acceptors (Lipinski definition) is 5. The molecule has 2 N–H and O–H groups in total. The van der Waals surface area contributed by atoms with E-state index >= 15 is 0 Å². The third kappa shape index (κ3) is 4.26. The molecule has 0 saturated carbocycles. The normalized spacial score (nSPS) is 10.3. The first-order chi connectivity index (χ1) is 11.2. The van der Waals surface area contributed by atoms with Gasteiger partial charge in [0, 0.05) is 15.8 Å². The first-order valence-electron chi connectivity index (χ1n) is 7.31. The average molecular weight is 370 g/mol. The molecule has 0 spiro atoms. The maximum atomic E-state index is 4.42. The van der Waals surface area contributed by atoms with Gasteiger partial charge in [-0.2, -0.15) is 10.1 Å². The van der Waals surface area contributed by atoms with E-state index < -0.39 is 0 Å². The minimum atomic E-state index is 0.447. The largest absolute Gasteiger partial charge is 0.339 e. The van der Waals surface area contributed by atoms with Crippen LogP contribution in [0.15, 0.2) is 59.2 Å². The summed E-state index contributed by atoms with van der Waals surface area (Å²) < 4.78 is 1.02. The number of nitrogens with zero attached hydrogens (tertiary/aromatic N) is 3. The van der Waals surface area contributed by atoms with E-state index in [0.29, 0.717) is 11.8 Å². The van der Waals surface area contributed by atoms with Gasteiger partial charge in [-0.1, -0.05) is 35.0 Å². The van der Waals surface area contributed by atoms with E-state index in [0.717, 1.165) is 22.3 Å². The SMILES string of the molecule is CCc1ccc(Nc2cnnc(Nc3ccc(Br)cc3)n2)cc1. The number of aryl methyl sites for hydroxylation is 1. The molecule has 1 heterocycles. The highest BCUT2D eigenvalue weighted by Crippen LogP contribution is 2.19. The second-order valence-corrected chi connectivity index (χ2v) is 5.89. The molecule has 3 rings (SSSR count). The zero-order valence-electron chi connectivity index (χ0n) is 12.6. The fourth-order valence-electron chi connectivity index (χ4n) is 2.05. The van der Waals surface area contributed by atoms with Crippen molar-refractivity contribution < 1.29 is 0 Å². The third-order valence-corrected chi connectivity index (χ3v) is 3.82. The molecular formula is C17H16BrN5. The van der Waals surface area contributed by atoms with Crippen molar-refractivity contribution in [1.29, 1.82) is 0 Å². The van der Waals surface area contributed by atoms with Crippen molar-refractivity contribution in [3.63, 3.8) is 0 Å². The summed E-state index contributed by atoms with van der Waals surface area (Å²) in [5.74, 6) is 1.09. The Morgan fingerprint density at radius 1 is 0.913 bits per heavy atom. The lowest BCUT2D eigenvalue weighted by molar-refractivity contribution is 0.982. The van der Waals surface area contributed by atoms with Crippen molar-refractivity contribution in [1.82, 2.24) is 15.2 Å². The van der Waals surface area contributed by atoms with Gasteiger partial charge in [-0.25, -0.2) is 0 Å². The van der Waals surface area contributed by atoms with Gasteiger partial charge in [-0.15, -0.1) is 5.10 Å². The van der Waals surface area contributed by atoms with Crippen LogP contribution in [0.2, 0.25) is 0 Å². The predicted molar refractivity (Wildman–Crippen MR) is 96.4 cm³/mol. The maximum Gasteiger partial charge on any atom is 0.249 e. The summed E-state index contributed by atoms with van der Waals surface area (Å²) >= 11 is 3.41. The minimum absolute atomic E-state index is 0.447. The van der Waals surface area contributed by atoms with E-state index in [1.807, 2.05) is 36.4 Å². The van der Waals surface area contributed by atoms with Gasteiger partial charge in [0.15, 0.2) is 5.82 Å². The molecule has 0 saturated heterocycles. The van der Waals surface area contributed by atoms with Gasteiger partial charge in [-0.3, -0.25) is 0 Å². The standard InChI is InChI=1S/C17H16BrN5/c1-2-12-3-7-14(8-4-12)20-16-11-19-23-17(22-16)21-15-9-5-13(18)6-10-15/h3-11H,2H2,1H3,(H2,20,21,22,23). The Balaban J connectivity index is 1.72. The molecule has 0 radical (unpaired) electrons. The lowest BCUT2D eigenvalue weighted by Gasteiger charge is -2.08. The van der Waals surface area contributed by atoms with E-state index in [-0.39, 0.29) is 0 Å². The summed E-state index contributed by atoms with van der Waals surface area (Å²) in [4.78, 5) is 4.42. The third-order valence-electron chi connectivity index (χ3n) is 3.29. The fraction of sp³-hybridized carbons (Fsp3) is 0.118. The highest BCUT2D eigenvalue weighted by molar-refractivity contribution is 9.10. The Morgan fingerprint density at radius 2 is 1.57 bits per heavy atom. The molecule has 0 aliphatic rings. The van der Waals surface area contributed by atoms with Crippen LogP contribution in [0.25, 0.3) is 0 Å². The van der Waals surface area contributed by atoms with Crippen LogP contribution in [0.3, 0.4) is 0 Å². The summed E-state index contributed by atoms with van der Waals surface area (Å²) in [6.07, 6.45) is 2.62. The van der Waals surface area contributed by atoms with Crippen molar-refractivity contribution >= 4 is 39.1 Å². The molecule has 23 heavy (non-hydrogen) atoms. The van der Waals surface area contributed by atoms with Gasteiger partial charge in [0.1, 0.15) is 0 Å². The Hall–Kier alpha value is -2.47. The van der Waals surface area contributed by atoms with Gasteiger partial charge >= 0.3 is 0 Å². The quantitative estimate of drug-likeness (QED) is 0.683. The molecular weight excluding hydrogens is 354 g/mol. The average Bonchev–Trinajstić information content (AvgIpc) is 2.58. The number of rotatable bonds is 5. The second-order valence-electron chi connectivity index (χ2n) is 4.97. The molecule has 0 aliphatic heterocycles. The molecule has 5 nitrogen and oxygen atoms in total. The van der Waals surface area contributed by atoms with Crippen molar-refractivity contribution in [3.8, 4) is 0 Å². The Kier molecular flexibility index (Phi) is 4.83. The summed E-state index contributed by atoms with van der Waals surface area (Å²) in [7, 11) is 0. The van der Waals surface area contributed by atoms with E-state index in [1.54, 1.807) is 6.20 Å². The molecule has 0 fully saturated rings. The van der Waals surface area contributed by atoms with Crippen molar-refractivity contribution in [3.05, 3.63) is 64.8 Å². The van der Waals surface area contributed by atoms with E-state index in [4.69, 9.17) is 0 Å². The molecule has 0 amide bonds. The molecule has 2 aromatic carbocycles. The van der Waals surface area contributed by atoms with Crippen LogP contribution in [0, 0.1) is 0 Å². The van der Waals surface area contributed by atoms with Gasteiger partial charge in [-0.05, 0) is 48.4 Å². The number of nitrogens with one attached hydrogen (secondary N) is 2. The second kappa shape index (κ2) is 7.19. The van der Waals surface area contributed by atoms with Gasteiger partial charge < -0.3 is 10.6 Å². The maximum absolute atomic E-state index is 4.42. The van der Waals surface area contributed by atoms with E-state index in [1.165, 1.54) is 5.56 Å². The topological polar surface area (TPSA) is 62.7 Å². The molecule has 0 unspecified atom stereocenters. The van der Waals surface area contributed by atoms with Crippen LogP contribution in [0.1, 0.15) is 12.5 Å². The Labute approximate surface area is 143 Å². The Morgan fingerprint density at radius 3 is 2.26 bits per heavy atom. The van der Waals surface area contributed by atoms with Gasteiger partial charge in [0.05, 0.1) is 6.20 Å². The molecule has 116 valence electrons. The van der Waals surface area contributed by atoms with Gasteiger partial charge in [0.2, 0.25) is 5.95 Å². The number of benzene rings is 2. The van der Waals surface area contributed by atoms with Crippen LogP contribution < -0.4 is 10.6 Å². The zero-order valence-corrected chi connectivity index (χ0v) is 14.2.